The number of nitrogens with zero attached hydrogens (tertiary/aromatic N) is 4. The molecule has 0 N–H and O–H groups in total. The lowest BCUT2D eigenvalue weighted by Gasteiger charge is -2.34. The number of carbonyl (C=O) groups is 1. The fraction of sp³-hybridized carbons (Fsp3) is 0.438. The number of aromatic nitrogens is 2. The van der Waals surface area contributed by atoms with Crippen molar-refractivity contribution >= 4 is 22.5 Å². The van der Waals surface area contributed by atoms with E-state index in [-0.39, 0.29) is 5.91 Å². The van der Waals surface area contributed by atoms with Crippen LogP contribution < -0.4 is 4.90 Å². The molecule has 1 amide bonds. The standard InChI is InChI=1S/C16H20N4O2/c1-11-12-6-4-5-7-13(12)15(18-17-11)20-8-9-22-14(10-20)16(21)19(2)3/h4-7,14H,8-10H2,1-3H3. The van der Waals surface area contributed by atoms with Gasteiger partial charge in [0.15, 0.2) is 11.9 Å². The van der Waals surface area contributed by atoms with E-state index in [0.29, 0.717) is 19.7 Å². The molecular weight excluding hydrogens is 280 g/mol. The Kier molecular flexibility index (Phi) is 3.94. The molecule has 1 atom stereocenters. The molecule has 1 aromatic carbocycles. The SMILES string of the molecule is Cc1nnc(N2CCOC(C(=O)N(C)C)C2)c2ccccc12. The molecule has 0 radical (unpaired) electrons. The van der Waals surface area contributed by atoms with Crippen LogP contribution in [0.5, 0.6) is 0 Å². The van der Waals surface area contributed by atoms with Gasteiger partial charge in [-0.1, -0.05) is 24.3 Å². The van der Waals surface area contributed by atoms with Crippen molar-refractivity contribution in [3.05, 3.63) is 30.0 Å². The maximum Gasteiger partial charge on any atom is 0.253 e. The first kappa shape index (κ1) is 14.7. The maximum atomic E-state index is 12.1. The Morgan fingerprint density at radius 1 is 1.27 bits per heavy atom. The Balaban J connectivity index is 1.94. The van der Waals surface area contributed by atoms with E-state index in [1.165, 1.54) is 0 Å². The highest BCUT2D eigenvalue weighted by Gasteiger charge is 2.29. The first-order valence-corrected chi connectivity index (χ1v) is 7.37. The van der Waals surface area contributed by atoms with E-state index in [1.54, 1.807) is 19.0 Å². The van der Waals surface area contributed by atoms with Crippen LogP contribution >= 0.6 is 0 Å². The molecule has 0 bridgehead atoms. The van der Waals surface area contributed by atoms with E-state index in [0.717, 1.165) is 22.3 Å². The van der Waals surface area contributed by atoms with Gasteiger partial charge in [0.1, 0.15) is 0 Å². The predicted octanol–water partition coefficient (Wildman–Crippen LogP) is 1.23. The molecule has 0 saturated carbocycles. The number of likely N-dealkylation sites (N-methyl/N-ethyl adjacent to an activating group) is 1. The van der Waals surface area contributed by atoms with Gasteiger partial charge in [0.25, 0.3) is 5.91 Å². The first-order valence-electron chi connectivity index (χ1n) is 7.37. The van der Waals surface area contributed by atoms with Gasteiger partial charge in [-0.2, -0.15) is 5.10 Å². The third-order valence-corrected chi connectivity index (χ3v) is 3.93. The highest BCUT2D eigenvalue weighted by molar-refractivity contribution is 5.93. The third kappa shape index (κ3) is 2.62. The molecular formula is C16H20N4O2. The second kappa shape index (κ2) is 5.88. The van der Waals surface area contributed by atoms with Gasteiger partial charge in [0.2, 0.25) is 0 Å². The van der Waals surface area contributed by atoms with Gasteiger partial charge >= 0.3 is 0 Å². The summed E-state index contributed by atoms with van der Waals surface area (Å²) in [5, 5.41) is 10.8. The highest BCUT2D eigenvalue weighted by atomic mass is 16.5. The molecule has 2 aromatic rings. The van der Waals surface area contributed by atoms with Gasteiger partial charge in [-0.3, -0.25) is 4.79 Å². The fourth-order valence-electron chi connectivity index (χ4n) is 2.74. The Morgan fingerprint density at radius 2 is 2.00 bits per heavy atom. The van der Waals surface area contributed by atoms with Crippen LogP contribution in [-0.2, 0) is 9.53 Å². The molecule has 6 heteroatoms. The van der Waals surface area contributed by atoms with Crippen LogP contribution in [-0.4, -0.2) is 60.9 Å². The molecule has 1 unspecified atom stereocenters. The number of fused-ring (bicyclic) bond motifs is 1. The van der Waals surface area contributed by atoms with Crippen molar-refractivity contribution < 1.29 is 9.53 Å². The molecule has 1 fully saturated rings. The molecule has 116 valence electrons. The molecule has 0 spiro atoms. The number of benzene rings is 1. The molecule has 3 rings (SSSR count). The van der Waals surface area contributed by atoms with Gasteiger partial charge in [-0.15, -0.1) is 5.10 Å². The lowest BCUT2D eigenvalue weighted by Crippen LogP contribution is -2.50. The minimum Gasteiger partial charge on any atom is -0.365 e. The second-order valence-corrected chi connectivity index (χ2v) is 5.69. The van der Waals surface area contributed by atoms with Crippen molar-refractivity contribution in [3.8, 4) is 0 Å². The summed E-state index contributed by atoms with van der Waals surface area (Å²) in [6.07, 6.45) is -0.453. The molecule has 1 aliphatic rings. The van der Waals surface area contributed by atoms with Crippen LogP contribution in [0.1, 0.15) is 5.69 Å². The van der Waals surface area contributed by atoms with E-state index in [2.05, 4.69) is 15.1 Å². The van der Waals surface area contributed by atoms with E-state index in [1.807, 2.05) is 31.2 Å². The number of rotatable bonds is 2. The van der Waals surface area contributed by atoms with Crippen LogP contribution in [0.4, 0.5) is 5.82 Å². The minimum absolute atomic E-state index is 0.0194. The number of amides is 1. The monoisotopic (exact) mass is 300 g/mol. The number of morpholine rings is 1. The molecule has 6 nitrogen and oxygen atoms in total. The Bertz CT molecular complexity index is 702. The van der Waals surface area contributed by atoms with Gasteiger partial charge in [0, 0.05) is 31.4 Å². The average Bonchev–Trinajstić information content (AvgIpc) is 2.55. The van der Waals surface area contributed by atoms with Crippen molar-refractivity contribution in [1.29, 1.82) is 0 Å². The van der Waals surface area contributed by atoms with Gasteiger partial charge in [-0.05, 0) is 6.92 Å². The van der Waals surface area contributed by atoms with Gasteiger partial charge in [-0.25, -0.2) is 0 Å². The summed E-state index contributed by atoms with van der Waals surface area (Å²) < 4.78 is 5.61. The van der Waals surface area contributed by atoms with Gasteiger partial charge in [0.05, 0.1) is 18.8 Å². The Morgan fingerprint density at radius 3 is 2.73 bits per heavy atom. The second-order valence-electron chi connectivity index (χ2n) is 5.69. The lowest BCUT2D eigenvalue weighted by atomic mass is 10.1. The zero-order chi connectivity index (χ0) is 15.7. The van der Waals surface area contributed by atoms with Crippen LogP contribution in [0.15, 0.2) is 24.3 Å². The van der Waals surface area contributed by atoms with Crippen molar-refractivity contribution in [3.63, 3.8) is 0 Å². The summed E-state index contributed by atoms with van der Waals surface area (Å²) in [4.78, 5) is 15.8. The molecule has 0 aliphatic carbocycles. The van der Waals surface area contributed by atoms with E-state index in [4.69, 9.17) is 4.74 Å². The molecule has 22 heavy (non-hydrogen) atoms. The van der Waals surface area contributed by atoms with E-state index in [9.17, 15) is 4.79 Å². The summed E-state index contributed by atoms with van der Waals surface area (Å²) in [7, 11) is 3.48. The highest BCUT2D eigenvalue weighted by Crippen LogP contribution is 2.26. The summed E-state index contributed by atoms with van der Waals surface area (Å²) in [5.74, 6) is 0.801. The summed E-state index contributed by atoms with van der Waals surface area (Å²) >= 11 is 0. The van der Waals surface area contributed by atoms with Crippen molar-refractivity contribution in [2.24, 2.45) is 0 Å². The smallest absolute Gasteiger partial charge is 0.253 e. The van der Waals surface area contributed by atoms with E-state index >= 15 is 0 Å². The zero-order valence-corrected chi connectivity index (χ0v) is 13.1. The average molecular weight is 300 g/mol. The van der Waals surface area contributed by atoms with Crippen LogP contribution in [0.2, 0.25) is 0 Å². The molecule has 1 aromatic heterocycles. The summed E-state index contributed by atoms with van der Waals surface area (Å²) in [5.41, 5.74) is 0.911. The number of hydrogen-bond acceptors (Lipinski definition) is 5. The number of hydrogen-bond donors (Lipinski definition) is 0. The normalized spacial score (nSPS) is 18.5. The Hall–Kier alpha value is -2.21. The molecule has 2 heterocycles. The Labute approximate surface area is 129 Å². The quantitative estimate of drug-likeness (QED) is 0.835. The lowest BCUT2D eigenvalue weighted by molar-refractivity contribution is -0.141. The largest absolute Gasteiger partial charge is 0.365 e. The zero-order valence-electron chi connectivity index (χ0n) is 13.1. The van der Waals surface area contributed by atoms with Crippen LogP contribution in [0.3, 0.4) is 0 Å². The van der Waals surface area contributed by atoms with Crippen LogP contribution in [0, 0.1) is 6.92 Å². The summed E-state index contributed by atoms with van der Waals surface area (Å²) in [6.45, 7) is 3.67. The minimum atomic E-state index is -0.453. The van der Waals surface area contributed by atoms with E-state index < -0.39 is 6.10 Å². The van der Waals surface area contributed by atoms with Crippen LogP contribution in [0.25, 0.3) is 10.8 Å². The summed E-state index contributed by atoms with van der Waals surface area (Å²) in [6, 6.07) is 8.09. The van der Waals surface area contributed by atoms with Crippen molar-refractivity contribution in [2.45, 2.75) is 13.0 Å². The molecule has 1 aliphatic heterocycles. The molecule has 1 saturated heterocycles. The van der Waals surface area contributed by atoms with Gasteiger partial charge < -0.3 is 14.5 Å². The number of ether oxygens (including phenoxy) is 1. The third-order valence-electron chi connectivity index (χ3n) is 3.93. The number of carbonyl (C=O) groups excluding carboxylic acids is 1. The number of anilines is 1. The maximum absolute atomic E-state index is 12.1. The first-order chi connectivity index (χ1) is 10.6. The predicted molar refractivity (Wildman–Crippen MR) is 84.9 cm³/mol. The van der Waals surface area contributed by atoms with Crippen molar-refractivity contribution in [2.75, 3.05) is 38.7 Å². The fourth-order valence-corrected chi connectivity index (χ4v) is 2.74. The topological polar surface area (TPSA) is 58.6 Å². The van der Waals surface area contributed by atoms with Crippen molar-refractivity contribution in [1.82, 2.24) is 15.1 Å². The number of aryl methyl sites for hydroxylation is 1.